The average Bonchev–Trinajstić information content (AvgIpc) is 3.34. The predicted octanol–water partition coefficient (Wildman–Crippen LogP) is 4.72. The molecule has 1 amide bonds. The molecule has 0 bridgehead atoms. The number of rotatable bonds is 7. The van der Waals surface area contributed by atoms with Crippen LogP contribution in [0, 0.1) is 0 Å². The van der Waals surface area contributed by atoms with Crippen LogP contribution in [0.25, 0.3) is 6.08 Å². The normalized spacial score (nSPS) is 16.7. The fourth-order valence-electron chi connectivity index (χ4n) is 5.34. The second kappa shape index (κ2) is 10.9. The Hall–Kier alpha value is -3.42. The SMILES string of the molecule is CS(=O)(=O)N1CCc2ccc(N(C(=O)/C=C/c3ccccc3)C3CCN(Cc4ccccc4)CC3)cc21. The zero-order valence-corrected chi connectivity index (χ0v) is 22.0. The molecule has 1 saturated heterocycles. The zero-order chi connectivity index (χ0) is 25.8. The summed E-state index contributed by atoms with van der Waals surface area (Å²) in [6.45, 7) is 3.13. The van der Waals surface area contributed by atoms with Gasteiger partial charge < -0.3 is 4.90 Å². The Morgan fingerprint density at radius 2 is 1.62 bits per heavy atom. The molecule has 5 rings (SSSR count). The summed E-state index contributed by atoms with van der Waals surface area (Å²) in [7, 11) is -3.38. The van der Waals surface area contributed by atoms with E-state index in [1.54, 1.807) is 6.08 Å². The van der Waals surface area contributed by atoms with Crippen molar-refractivity contribution in [3.8, 4) is 0 Å². The molecule has 6 nitrogen and oxygen atoms in total. The molecular weight excluding hydrogens is 482 g/mol. The van der Waals surface area contributed by atoms with Crippen molar-refractivity contribution < 1.29 is 13.2 Å². The van der Waals surface area contributed by atoms with Crippen LogP contribution in [-0.2, 0) is 27.8 Å². The molecule has 0 radical (unpaired) electrons. The monoisotopic (exact) mass is 515 g/mol. The topological polar surface area (TPSA) is 60.9 Å². The van der Waals surface area contributed by atoms with Crippen molar-refractivity contribution in [2.75, 3.05) is 35.1 Å². The first-order valence-electron chi connectivity index (χ1n) is 12.8. The summed E-state index contributed by atoms with van der Waals surface area (Å²) in [5, 5.41) is 0. The third-order valence-electron chi connectivity index (χ3n) is 7.23. The summed E-state index contributed by atoms with van der Waals surface area (Å²) in [4.78, 5) is 18.0. The smallest absolute Gasteiger partial charge is 0.251 e. The lowest BCUT2D eigenvalue weighted by atomic mass is 10.0. The Balaban J connectivity index is 1.40. The minimum Gasteiger partial charge on any atom is -0.306 e. The maximum atomic E-state index is 13.7. The molecule has 1 fully saturated rings. The van der Waals surface area contributed by atoms with Crippen molar-refractivity contribution in [1.82, 2.24) is 4.90 Å². The number of likely N-dealkylation sites (tertiary alicyclic amines) is 1. The minimum atomic E-state index is -3.38. The van der Waals surface area contributed by atoms with Crippen molar-refractivity contribution in [3.63, 3.8) is 0 Å². The number of piperidine rings is 1. The van der Waals surface area contributed by atoms with E-state index in [0.29, 0.717) is 18.7 Å². The molecule has 0 saturated carbocycles. The number of amides is 1. The van der Waals surface area contributed by atoms with Gasteiger partial charge in [0.15, 0.2) is 0 Å². The van der Waals surface area contributed by atoms with Crippen molar-refractivity contribution in [2.24, 2.45) is 0 Å². The van der Waals surface area contributed by atoms with E-state index in [2.05, 4.69) is 29.2 Å². The Morgan fingerprint density at radius 1 is 0.946 bits per heavy atom. The third-order valence-corrected chi connectivity index (χ3v) is 8.41. The van der Waals surface area contributed by atoms with Gasteiger partial charge >= 0.3 is 0 Å². The van der Waals surface area contributed by atoms with Gasteiger partial charge in [0.05, 0.1) is 11.9 Å². The van der Waals surface area contributed by atoms with Gasteiger partial charge in [0.2, 0.25) is 10.0 Å². The standard InChI is InChI=1S/C30H33N3O3S/c1-37(35,36)32-21-16-26-13-14-28(22-29(26)32)33(30(34)15-12-24-8-4-2-5-9-24)27-17-19-31(20-18-27)23-25-10-6-3-7-11-25/h2-15,22,27H,16-21,23H2,1H3/b15-12+. The van der Waals surface area contributed by atoms with E-state index in [1.807, 2.05) is 65.6 Å². The molecule has 192 valence electrons. The lowest BCUT2D eigenvalue weighted by molar-refractivity contribution is -0.114. The number of benzene rings is 3. The van der Waals surface area contributed by atoms with Crippen LogP contribution in [-0.4, -0.2) is 51.2 Å². The van der Waals surface area contributed by atoms with Gasteiger partial charge in [-0.1, -0.05) is 66.7 Å². The fourth-order valence-corrected chi connectivity index (χ4v) is 6.29. The van der Waals surface area contributed by atoms with E-state index in [1.165, 1.54) is 16.1 Å². The molecule has 2 heterocycles. The summed E-state index contributed by atoms with van der Waals surface area (Å²) in [5.41, 5.74) is 4.69. The number of sulfonamides is 1. The first kappa shape index (κ1) is 25.2. The molecule has 2 aliphatic rings. The number of fused-ring (bicyclic) bond motifs is 1. The summed E-state index contributed by atoms with van der Waals surface area (Å²) in [5.74, 6) is -0.0887. The molecule has 7 heteroatoms. The molecule has 0 aliphatic carbocycles. The van der Waals surface area contributed by atoms with Gasteiger partial charge in [0, 0.05) is 44.0 Å². The zero-order valence-electron chi connectivity index (χ0n) is 21.2. The van der Waals surface area contributed by atoms with Gasteiger partial charge in [0.25, 0.3) is 5.91 Å². The van der Waals surface area contributed by atoms with Gasteiger partial charge in [0.1, 0.15) is 0 Å². The Morgan fingerprint density at radius 3 is 2.30 bits per heavy atom. The van der Waals surface area contributed by atoms with Crippen LogP contribution in [0.1, 0.15) is 29.5 Å². The fraction of sp³-hybridized carbons (Fsp3) is 0.300. The van der Waals surface area contributed by atoms with E-state index in [9.17, 15) is 13.2 Å². The molecule has 3 aromatic rings. The summed E-state index contributed by atoms with van der Waals surface area (Å²) in [6, 6.07) is 26.1. The molecule has 2 aliphatic heterocycles. The second-order valence-corrected chi connectivity index (χ2v) is 11.8. The average molecular weight is 516 g/mol. The number of nitrogens with zero attached hydrogens (tertiary/aromatic N) is 3. The van der Waals surface area contributed by atoms with Gasteiger partial charge in [-0.05, 0) is 54.2 Å². The number of hydrogen-bond donors (Lipinski definition) is 0. The van der Waals surface area contributed by atoms with E-state index in [0.717, 1.165) is 49.3 Å². The molecule has 0 spiro atoms. The van der Waals surface area contributed by atoms with Crippen LogP contribution in [0.2, 0.25) is 0 Å². The number of carbonyl (C=O) groups excluding carboxylic acids is 1. The van der Waals surface area contributed by atoms with Gasteiger partial charge in [-0.25, -0.2) is 8.42 Å². The quantitative estimate of drug-likeness (QED) is 0.427. The van der Waals surface area contributed by atoms with Gasteiger partial charge in [-0.2, -0.15) is 0 Å². The van der Waals surface area contributed by atoms with Gasteiger partial charge in [-0.3, -0.25) is 14.0 Å². The molecule has 37 heavy (non-hydrogen) atoms. The van der Waals surface area contributed by atoms with Crippen LogP contribution in [0.3, 0.4) is 0 Å². The van der Waals surface area contributed by atoms with E-state index < -0.39 is 10.0 Å². The van der Waals surface area contributed by atoms with Crippen molar-refractivity contribution in [3.05, 3.63) is 102 Å². The maximum absolute atomic E-state index is 13.7. The molecule has 0 N–H and O–H groups in total. The lowest BCUT2D eigenvalue weighted by Crippen LogP contribution is -2.47. The van der Waals surface area contributed by atoms with Crippen LogP contribution in [0.5, 0.6) is 0 Å². The van der Waals surface area contributed by atoms with Crippen molar-refractivity contribution >= 4 is 33.4 Å². The van der Waals surface area contributed by atoms with E-state index in [-0.39, 0.29) is 11.9 Å². The maximum Gasteiger partial charge on any atom is 0.251 e. The lowest BCUT2D eigenvalue weighted by Gasteiger charge is -2.38. The summed E-state index contributed by atoms with van der Waals surface area (Å²) >= 11 is 0. The highest BCUT2D eigenvalue weighted by Crippen LogP contribution is 2.35. The first-order chi connectivity index (χ1) is 17.9. The van der Waals surface area contributed by atoms with Crippen molar-refractivity contribution in [1.29, 1.82) is 0 Å². The Labute approximate surface area is 219 Å². The first-order valence-corrected chi connectivity index (χ1v) is 14.7. The largest absolute Gasteiger partial charge is 0.306 e. The minimum absolute atomic E-state index is 0.0334. The van der Waals surface area contributed by atoms with Crippen molar-refractivity contribution in [2.45, 2.75) is 31.8 Å². The Bertz CT molecular complexity index is 1370. The number of carbonyl (C=O) groups is 1. The highest BCUT2D eigenvalue weighted by atomic mass is 32.2. The predicted molar refractivity (Wildman–Crippen MR) is 150 cm³/mol. The summed E-state index contributed by atoms with van der Waals surface area (Å²) in [6.07, 6.45) is 7.10. The molecular formula is C30H33N3O3S. The highest BCUT2D eigenvalue weighted by Gasteiger charge is 2.31. The molecule has 0 aromatic heterocycles. The van der Waals surface area contributed by atoms with Crippen LogP contribution >= 0.6 is 0 Å². The van der Waals surface area contributed by atoms with E-state index >= 15 is 0 Å². The summed E-state index contributed by atoms with van der Waals surface area (Å²) < 4.78 is 26.2. The van der Waals surface area contributed by atoms with E-state index in [4.69, 9.17) is 0 Å². The molecule has 3 aromatic carbocycles. The number of anilines is 2. The van der Waals surface area contributed by atoms with Crippen LogP contribution in [0.15, 0.2) is 84.9 Å². The van der Waals surface area contributed by atoms with Gasteiger partial charge in [-0.15, -0.1) is 0 Å². The Kier molecular flexibility index (Phi) is 7.44. The second-order valence-electron chi connectivity index (χ2n) is 9.84. The molecule has 0 unspecified atom stereocenters. The highest BCUT2D eigenvalue weighted by molar-refractivity contribution is 7.92. The number of hydrogen-bond acceptors (Lipinski definition) is 4. The molecule has 0 atom stereocenters. The van der Waals surface area contributed by atoms with Crippen LogP contribution in [0.4, 0.5) is 11.4 Å². The third kappa shape index (κ3) is 5.95. The van der Waals surface area contributed by atoms with Crippen LogP contribution < -0.4 is 9.21 Å².